The van der Waals surface area contributed by atoms with E-state index >= 15 is 0 Å². The number of carbonyl (C=O) groups is 3. The van der Waals surface area contributed by atoms with Gasteiger partial charge >= 0.3 is 11.9 Å². The molecule has 0 bridgehead atoms. The molecule has 0 amide bonds. The van der Waals surface area contributed by atoms with Crippen LogP contribution in [0.25, 0.3) is 0 Å². The minimum Gasteiger partial charge on any atom is -0.545 e. The predicted octanol–water partition coefficient (Wildman–Crippen LogP) is 21.6. The van der Waals surface area contributed by atoms with Crippen molar-refractivity contribution in [2.75, 3.05) is 47.5 Å². The maximum Gasteiger partial charge on any atom is 0.306 e. The first kappa shape index (κ1) is 82.2. The largest absolute Gasteiger partial charge is 0.545 e. The van der Waals surface area contributed by atoms with Crippen molar-refractivity contribution >= 4 is 17.9 Å². The summed E-state index contributed by atoms with van der Waals surface area (Å²) in [5, 5.41) is 11.8. The molecule has 85 heavy (non-hydrogen) atoms. The number of rotatable bonds is 69. The number of hydrogen-bond donors (Lipinski definition) is 0. The van der Waals surface area contributed by atoms with Crippen LogP contribution < -0.4 is 5.11 Å². The Morgan fingerprint density at radius 2 is 0.635 bits per heavy atom. The number of unbranched alkanes of at least 4 members (excludes halogenated alkanes) is 46. The summed E-state index contributed by atoms with van der Waals surface area (Å²) in [6, 6.07) is 0. The van der Waals surface area contributed by atoms with Crippen molar-refractivity contribution in [2.45, 2.75) is 373 Å². The molecular formula is C76H141NO8. The summed E-state index contributed by atoms with van der Waals surface area (Å²) < 4.78 is 22.8. The third-order valence-corrected chi connectivity index (χ3v) is 16.5. The molecule has 0 aliphatic heterocycles. The van der Waals surface area contributed by atoms with E-state index in [1.165, 1.54) is 283 Å². The number of nitrogens with zero attached hydrogens (tertiary/aromatic N) is 1. The Morgan fingerprint density at radius 1 is 0.353 bits per heavy atom. The number of esters is 2. The smallest absolute Gasteiger partial charge is 0.306 e. The van der Waals surface area contributed by atoms with Gasteiger partial charge in [0.25, 0.3) is 0 Å². The van der Waals surface area contributed by atoms with Crippen LogP contribution in [0.1, 0.15) is 361 Å². The molecule has 0 radical (unpaired) electrons. The van der Waals surface area contributed by atoms with Crippen LogP contribution in [0.15, 0.2) is 48.6 Å². The summed E-state index contributed by atoms with van der Waals surface area (Å²) in [5.41, 5.74) is 0. The van der Waals surface area contributed by atoms with Gasteiger partial charge in [-0.2, -0.15) is 0 Å². The normalized spacial score (nSPS) is 12.9. The third kappa shape index (κ3) is 68.6. The minimum absolute atomic E-state index is 0.150. The van der Waals surface area contributed by atoms with Crippen LogP contribution in [0.4, 0.5) is 0 Å². The number of carbonyl (C=O) groups excluding carboxylic acids is 3. The number of aliphatic carboxylic acids is 1. The predicted molar refractivity (Wildman–Crippen MR) is 362 cm³/mol. The van der Waals surface area contributed by atoms with Gasteiger partial charge in [0.05, 0.1) is 40.3 Å². The maximum atomic E-state index is 12.9. The second kappa shape index (κ2) is 67.2. The van der Waals surface area contributed by atoms with Crippen LogP contribution in [0, 0.1) is 0 Å². The second-order valence-electron chi connectivity index (χ2n) is 26.2. The van der Waals surface area contributed by atoms with E-state index in [-0.39, 0.29) is 32.2 Å². The van der Waals surface area contributed by atoms with Gasteiger partial charge in [0.1, 0.15) is 13.2 Å². The first-order valence-electron chi connectivity index (χ1n) is 36.8. The number of hydrogen-bond acceptors (Lipinski definition) is 8. The molecule has 0 aromatic heterocycles. The Labute approximate surface area is 527 Å². The van der Waals surface area contributed by atoms with E-state index in [4.69, 9.17) is 18.9 Å². The Kier molecular flexibility index (Phi) is 65.0. The molecule has 0 spiro atoms. The average molecular weight is 1200 g/mol. The molecule has 0 fully saturated rings. The molecule has 0 saturated carbocycles. The van der Waals surface area contributed by atoms with E-state index in [2.05, 4.69) is 62.5 Å². The third-order valence-electron chi connectivity index (χ3n) is 16.5. The fraction of sp³-hybridized carbons (Fsp3) is 0.855. The quantitative estimate of drug-likeness (QED) is 0.0195. The Hall–Kier alpha value is -2.75. The molecule has 0 N–H and O–H groups in total. The highest BCUT2D eigenvalue weighted by Crippen LogP contribution is 2.19. The average Bonchev–Trinajstić information content (AvgIpc) is 3.49. The van der Waals surface area contributed by atoms with Crippen molar-refractivity contribution in [3.05, 3.63) is 48.6 Å². The number of carboxylic acid groups (broad SMARTS) is 1. The lowest BCUT2D eigenvalue weighted by Crippen LogP contribution is -2.44. The second-order valence-corrected chi connectivity index (χ2v) is 26.2. The maximum absolute atomic E-state index is 12.9. The molecule has 498 valence electrons. The zero-order valence-corrected chi connectivity index (χ0v) is 57.0. The van der Waals surface area contributed by atoms with Gasteiger partial charge < -0.3 is 33.3 Å². The van der Waals surface area contributed by atoms with E-state index in [0.717, 1.165) is 51.4 Å². The first-order valence-corrected chi connectivity index (χ1v) is 36.8. The summed E-state index contributed by atoms with van der Waals surface area (Å²) in [7, 11) is 5.94. The summed E-state index contributed by atoms with van der Waals surface area (Å²) in [6.07, 6.45) is 83.5. The van der Waals surface area contributed by atoms with E-state index in [0.29, 0.717) is 17.4 Å². The molecule has 0 aliphatic rings. The molecule has 0 heterocycles. The molecule has 0 aromatic rings. The Balaban J connectivity index is 4.04. The van der Waals surface area contributed by atoms with E-state index in [9.17, 15) is 19.5 Å². The topological polar surface area (TPSA) is 111 Å². The van der Waals surface area contributed by atoms with Crippen LogP contribution in [0.2, 0.25) is 0 Å². The monoisotopic (exact) mass is 1200 g/mol. The highest BCUT2D eigenvalue weighted by Gasteiger charge is 2.22. The van der Waals surface area contributed by atoms with Crippen molar-refractivity contribution in [1.29, 1.82) is 0 Å². The first-order chi connectivity index (χ1) is 41.6. The van der Waals surface area contributed by atoms with Crippen molar-refractivity contribution < 1.29 is 42.9 Å². The Bertz CT molecular complexity index is 1530. The number of carboxylic acids is 1. The summed E-state index contributed by atoms with van der Waals surface area (Å²) in [4.78, 5) is 37.5. The molecule has 2 unspecified atom stereocenters. The van der Waals surface area contributed by atoms with Crippen LogP contribution in [0.3, 0.4) is 0 Å². The lowest BCUT2D eigenvalue weighted by atomic mass is 10.0. The van der Waals surface area contributed by atoms with Crippen molar-refractivity contribution in [2.24, 2.45) is 0 Å². The summed E-state index contributed by atoms with van der Waals surface area (Å²) in [6.45, 7) is 4.79. The molecule has 9 heteroatoms. The number of quaternary nitrogens is 1. The minimum atomic E-state index is -1.62. The molecule has 0 aromatic carbocycles. The lowest BCUT2D eigenvalue weighted by Gasteiger charge is -2.26. The fourth-order valence-corrected chi connectivity index (χ4v) is 10.9. The lowest BCUT2D eigenvalue weighted by molar-refractivity contribution is -0.870. The summed E-state index contributed by atoms with van der Waals surface area (Å²) >= 11 is 0. The molecule has 0 saturated heterocycles. The SMILES string of the molecule is CCCCCCC/C=C\C/C=C\CCCCCCCCCCCCCCCCCCCCCCCC(=O)OC(COC(=O)CCCCCCCCCCCCCCCCC/C=C\C/C=C\CCCCCCC)COC(OCC[N+](C)(C)C)C(=O)[O-]. The van der Waals surface area contributed by atoms with Crippen LogP contribution in [-0.2, 0) is 33.3 Å². The van der Waals surface area contributed by atoms with Crippen molar-refractivity contribution in [3.8, 4) is 0 Å². The van der Waals surface area contributed by atoms with Gasteiger partial charge in [0.2, 0.25) is 0 Å². The van der Waals surface area contributed by atoms with Gasteiger partial charge in [-0.15, -0.1) is 0 Å². The van der Waals surface area contributed by atoms with Gasteiger partial charge in [0.15, 0.2) is 12.4 Å². The molecule has 0 rings (SSSR count). The van der Waals surface area contributed by atoms with Crippen molar-refractivity contribution in [1.82, 2.24) is 0 Å². The van der Waals surface area contributed by atoms with Crippen molar-refractivity contribution in [3.63, 3.8) is 0 Å². The summed E-state index contributed by atoms with van der Waals surface area (Å²) in [5.74, 6) is -2.26. The van der Waals surface area contributed by atoms with Gasteiger partial charge in [-0.05, 0) is 77.0 Å². The fourth-order valence-electron chi connectivity index (χ4n) is 10.9. The standard InChI is InChI=1S/C76H141NO8/c1-6-8-10-12-14-16-18-20-22-24-26-28-30-32-34-35-36-37-38-39-41-43-45-47-49-51-53-55-57-59-61-63-65-67-74(79)85-72(71-84-76(75(80)81)82-69-68-77(3,4)5)70-83-73(78)66-64-62-60-58-56-54-52-50-48-46-44-42-40-33-31-29-27-25-23-21-19-17-15-13-11-9-7-2/h18-21,24-27,72,76H,6-17,22-23,28-71H2,1-5H3/b20-18-,21-19-,26-24-,27-25-. The van der Waals surface area contributed by atoms with Crippen LogP contribution >= 0.6 is 0 Å². The number of allylic oxidation sites excluding steroid dienone is 8. The van der Waals surface area contributed by atoms with Gasteiger partial charge in [0, 0.05) is 12.8 Å². The molecular weight excluding hydrogens is 1050 g/mol. The van der Waals surface area contributed by atoms with E-state index in [1.807, 2.05) is 21.1 Å². The molecule has 9 nitrogen and oxygen atoms in total. The van der Waals surface area contributed by atoms with Crippen LogP contribution in [-0.4, -0.2) is 82.3 Å². The van der Waals surface area contributed by atoms with E-state index < -0.39 is 24.3 Å². The molecule has 0 aliphatic carbocycles. The molecule has 2 atom stereocenters. The zero-order valence-electron chi connectivity index (χ0n) is 57.0. The van der Waals surface area contributed by atoms with Gasteiger partial charge in [-0.3, -0.25) is 9.59 Å². The zero-order chi connectivity index (χ0) is 61.9. The van der Waals surface area contributed by atoms with E-state index in [1.54, 1.807) is 0 Å². The highest BCUT2D eigenvalue weighted by molar-refractivity contribution is 5.70. The van der Waals surface area contributed by atoms with Gasteiger partial charge in [-0.1, -0.05) is 319 Å². The van der Waals surface area contributed by atoms with Crippen LogP contribution in [0.5, 0.6) is 0 Å². The number of ether oxygens (including phenoxy) is 4. The Morgan fingerprint density at radius 3 is 0.929 bits per heavy atom. The van der Waals surface area contributed by atoms with Gasteiger partial charge in [-0.25, -0.2) is 0 Å². The number of likely N-dealkylation sites (N-methyl/N-ethyl adjacent to an activating group) is 1. The highest BCUT2D eigenvalue weighted by atomic mass is 16.7.